The van der Waals surface area contributed by atoms with Crippen LogP contribution in [-0.2, 0) is 4.79 Å². The van der Waals surface area contributed by atoms with E-state index in [4.69, 9.17) is 9.84 Å². The number of carboxylic acids is 1. The zero-order valence-corrected chi connectivity index (χ0v) is 13.2. The molecule has 1 atom stereocenters. The lowest BCUT2D eigenvalue weighted by Crippen LogP contribution is -2.10. The Morgan fingerprint density at radius 2 is 2.48 bits per heavy atom. The third-order valence-corrected chi connectivity index (χ3v) is 5.55. The molecule has 1 N–H and O–H groups in total. The summed E-state index contributed by atoms with van der Waals surface area (Å²) >= 11 is 3.20. The van der Waals surface area contributed by atoms with Crippen molar-refractivity contribution < 1.29 is 14.6 Å². The first-order valence-electron chi connectivity index (χ1n) is 6.68. The van der Waals surface area contributed by atoms with Gasteiger partial charge in [-0.15, -0.1) is 0 Å². The Bertz CT molecular complexity index is 666. The largest absolute Gasteiger partial charge is 0.494 e. The number of hydrogen-bond acceptors (Lipinski definition) is 5. The van der Waals surface area contributed by atoms with Crippen molar-refractivity contribution in [3.63, 3.8) is 0 Å². The molecule has 1 fully saturated rings. The smallest absolute Gasteiger partial charge is 0.313 e. The Morgan fingerprint density at radius 3 is 3.14 bits per heavy atom. The second kappa shape index (κ2) is 6.19. The highest BCUT2D eigenvalue weighted by atomic mass is 32.2. The highest BCUT2D eigenvalue weighted by molar-refractivity contribution is 8.00. The van der Waals surface area contributed by atoms with Gasteiger partial charge in [0.1, 0.15) is 11.3 Å². The molecule has 5 nitrogen and oxygen atoms in total. The number of hydrogen-bond donors (Lipinski definition) is 1. The summed E-state index contributed by atoms with van der Waals surface area (Å²) in [6, 6.07) is 6.24. The summed E-state index contributed by atoms with van der Waals surface area (Å²) in [7, 11) is 1.63. The lowest BCUT2D eigenvalue weighted by molar-refractivity contribution is -0.133. The molecule has 1 aromatic heterocycles. The van der Waals surface area contributed by atoms with Gasteiger partial charge in [0.05, 0.1) is 18.4 Å². The SMILES string of the molecule is COc1cccc2c1nc(SCC(=O)O)n2C1CCSC1. The number of carboxylic acid groups (broad SMARTS) is 1. The Morgan fingerprint density at radius 1 is 1.62 bits per heavy atom. The molecular weight excluding hydrogens is 308 g/mol. The molecule has 7 heteroatoms. The van der Waals surface area contributed by atoms with Crippen LogP contribution in [0.25, 0.3) is 11.0 Å². The van der Waals surface area contributed by atoms with Crippen LogP contribution in [0.1, 0.15) is 12.5 Å². The number of fused-ring (bicyclic) bond motifs is 1. The molecule has 0 radical (unpaired) electrons. The maximum absolute atomic E-state index is 10.9. The second-order valence-electron chi connectivity index (χ2n) is 4.79. The standard InChI is InChI=1S/C14H16N2O3S2/c1-19-11-4-2-3-10-13(11)15-14(21-8-12(17)18)16(10)9-5-6-20-7-9/h2-4,9H,5-8H2,1H3,(H,17,18). The zero-order chi connectivity index (χ0) is 14.8. The quantitative estimate of drug-likeness (QED) is 0.853. The average molecular weight is 324 g/mol. The Balaban J connectivity index is 2.09. The average Bonchev–Trinajstić information content (AvgIpc) is 3.10. The van der Waals surface area contributed by atoms with E-state index in [9.17, 15) is 4.79 Å². The minimum Gasteiger partial charge on any atom is -0.494 e. The van der Waals surface area contributed by atoms with Crippen molar-refractivity contribution >= 4 is 40.5 Å². The zero-order valence-electron chi connectivity index (χ0n) is 11.6. The van der Waals surface area contributed by atoms with Gasteiger partial charge in [-0.1, -0.05) is 17.8 Å². The van der Waals surface area contributed by atoms with Crippen LogP contribution in [0, 0.1) is 0 Å². The van der Waals surface area contributed by atoms with Gasteiger partial charge in [-0.25, -0.2) is 4.98 Å². The first-order chi connectivity index (χ1) is 10.2. The van der Waals surface area contributed by atoms with Crippen LogP contribution in [0.4, 0.5) is 0 Å². The van der Waals surface area contributed by atoms with Gasteiger partial charge in [0.2, 0.25) is 0 Å². The van der Waals surface area contributed by atoms with Crippen LogP contribution < -0.4 is 4.74 Å². The summed E-state index contributed by atoms with van der Waals surface area (Å²) in [4.78, 5) is 15.5. The van der Waals surface area contributed by atoms with Gasteiger partial charge in [0.25, 0.3) is 0 Å². The Labute approximate surface area is 131 Å². The second-order valence-corrected chi connectivity index (χ2v) is 6.88. The van der Waals surface area contributed by atoms with Crippen molar-refractivity contribution in [2.45, 2.75) is 17.6 Å². The normalized spacial score (nSPS) is 18.2. The maximum Gasteiger partial charge on any atom is 0.313 e. The predicted molar refractivity (Wildman–Crippen MR) is 85.6 cm³/mol. The van der Waals surface area contributed by atoms with E-state index in [1.165, 1.54) is 11.8 Å². The molecule has 0 amide bonds. The van der Waals surface area contributed by atoms with Crippen molar-refractivity contribution in [1.82, 2.24) is 9.55 Å². The van der Waals surface area contributed by atoms with Crippen molar-refractivity contribution in [2.75, 3.05) is 24.4 Å². The molecule has 21 heavy (non-hydrogen) atoms. The fraction of sp³-hybridized carbons (Fsp3) is 0.429. The van der Waals surface area contributed by atoms with Gasteiger partial charge in [-0.05, 0) is 24.3 Å². The van der Waals surface area contributed by atoms with Gasteiger partial charge in [-0.3, -0.25) is 4.79 Å². The Hall–Kier alpha value is -1.34. The third kappa shape index (κ3) is 2.85. The molecule has 0 bridgehead atoms. The van der Waals surface area contributed by atoms with E-state index in [-0.39, 0.29) is 5.75 Å². The van der Waals surface area contributed by atoms with Gasteiger partial charge >= 0.3 is 5.97 Å². The van der Waals surface area contributed by atoms with E-state index >= 15 is 0 Å². The van der Waals surface area contributed by atoms with Gasteiger partial charge in [0.15, 0.2) is 5.16 Å². The highest BCUT2D eigenvalue weighted by Crippen LogP contribution is 2.37. The van der Waals surface area contributed by atoms with E-state index < -0.39 is 5.97 Å². The van der Waals surface area contributed by atoms with Crippen molar-refractivity contribution in [3.05, 3.63) is 18.2 Å². The first-order valence-corrected chi connectivity index (χ1v) is 8.82. The number of benzene rings is 1. The molecule has 0 spiro atoms. The number of thioether (sulfide) groups is 2. The molecule has 1 aliphatic heterocycles. The molecule has 2 heterocycles. The van der Waals surface area contributed by atoms with Crippen LogP contribution in [0.3, 0.4) is 0 Å². The van der Waals surface area contributed by atoms with Crippen LogP contribution in [-0.4, -0.2) is 45.0 Å². The number of aliphatic carboxylic acids is 1. The van der Waals surface area contributed by atoms with Gasteiger partial charge < -0.3 is 14.4 Å². The lowest BCUT2D eigenvalue weighted by atomic mass is 10.2. The summed E-state index contributed by atoms with van der Waals surface area (Å²) in [6.07, 6.45) is 1.09. The molecule has 2 aromatic rings. The van der Waals surface area contributed by atoms with E-state index in [0.29, 0.717) is 6.04 Å². The Kier molecular flexibility index (Phi) is 4.30. The molecule has 1 saturated heterocycles. The van der Waals surface area contributed by atoms with E-state index in [1.807, 2.05) is 30.0 Å². The number of methoxy groups -OCH3 is 1. The van der Waals surface area contributed by atoms with Crippen LogP contribution in [0.2, 0.25) is 0 Å². The van der Waals surface area contributed by atoms with Crippen molar-refractivity contribution in [1.29, 1.82) is 0 Å². The maximum atomic E-state index is 10.9. The molecule has 1 aromatic carbocycles. The van der Waals surface area contributed by atoms with Gasteiger partial charge in [0, 0.05) is 11.8 Å². The fourth-order valence-electron chi connectivity index (χ4n) is 2.54. The molecule has 1 aliphatic rings. The first kappa shape index (κ1) is 14.6. The van der Waals surface area contributed by atoms with Crippen LogP contribution in [0.5, 0.6) is 5.75 Å². The molecule has 0 saturated carbocycles. The van der Waals surface area contributed by atoms with Crippen LogP contribution in [0.15, 0.2) is 23.4 Å². The van der Waals surface area contributed by atoms with E-state index in [2.05, 4.69) is 9.55 Å². The molecule has 3 rings (SSSR count). The minimum atomic E-state index is -0.827. The van der Waals surface area contributed by atoms with E-state index in [1.54, 1.807) is 7.11 Å². The summed E-state index contributed by atoms with van der Waals surface area (Å²) < 4.78 is 7.56. The summed E-state index contributed by atoms with van der Waals surface area (Å²) in [5, 5.41) is 9.69. The monoisotopic (exact) mass is 324 g/mol. The molecular formula is C14H16N2O3S2. The number of ether oxygens (including phenoxy) is 1. The summed E-state index contributed by atoms with van der Waals surface area (Å²) in [5.74, 6) is 2.10. The fourth-order valence-corrected chi connectivity index (χ4v) is 4.53. The number of para-hydroxylation sites is 1. The number of aromatic nitrogens is 2. The number of imidazole rings is 1. The lowest BCUT2D eigenvalue weighted by Gasteiger charge is -2.15. The summed E-state index contributed by atoms with van der Waals surface area (Å²) in [5.41, 5.74) is 1.83. The molecule has 112 valence electrons. The van der Waals surface area contributed by atoms with Crippen molar-refractivity contribution in [2.24, 2.45) is 0 Å². The minimum absolute atomic E-state index is 0.0193. The number of carbonyl (C=O) groups is 1. The van der Waals surface area contributed by atoms with E-state index in [0.717, 1.165) is 39.9 Å². The number of rotatable bonds is 5. The van der Waals surface area contributed by atoms with Crippen molar-refractivity contribution in [3.8, 4) is 5.75 Å². The predicted octanol–water partition coefficient (Wildman–Crippen LogP) is 2.90. The number of nitrogens with zero attached hydrogens (tertiary/aromatic N) is 2. The third-order valence-electron chi connectivity index (χ3n) is 3.47. The molecule has 0 aliphatic carbocycles. The van der Waals surface area contributed by atoms with Gasteiger partial charge in [-0.2, -0.15) is 11.8 Å². The molecule has 1 unspecified atom stereocenters. The summed E-state index contributed by atoms with van der Waals surface area (Å²) in [6.45, 7) is 0. The van der Waals surface area contributed by atoms with Crippen LogP contribution >= 0.6 is 23.5 Å². The topological polar surface area (TPSA) is 64.3 Å². The highest BCUT2D eigenvalue weighted by Gasteiger charge is 2.24.